The minimum atomic E-state index is 0.276. The van der Waals surface area contributed by atoms with Crippen LogP contribution >= 0.6 is 11.6 Å². The standard InChI is InChI=1S/C19H23ClN2O/c1-4-13-22(18-9-11-19(23-3)12-10-18)14-15(2)21-17-7-5-16(20)6-8-17/h4-12,15,21H,1,13-14H2,2-3H3/t15-/m0/s1. The number of rotatable bonds is 8. The molecule has 2 aromatic carbocycles. The highest BCUT2D eigenvalue weighted by molar-refractivity contribution is 6.30. The Bertz CT molecular complexity index is 610. The predicted molar refractivity (Wildman–Crippen MR) is 99.9 cm³/mol. The lowest BCUT2D eigenvalue weighted by atomic mass is 10.2. The molecule has 0 aliphatic carbocycles. The Kier molecular flexibility index (Phi) is 6.36. The second kappa shape index (κ2) is 8.49. The molecule has 0 heterocycles. The summed E-state index contributed by atoms with van der Waals surface area (Å²) in [6.45, 7) is 7.67. The zero-order valence-electron chi connectivity index (χ0n) is 13.6. The summed E-state index contributed by atoms with van der Waals surface area (Å²) in [7, 11) is 1.68. The molecular weight excluding hydrogens is 308 g/mol. The van der Waals surface area contributed by atoms with Crippen molar-refractivity contribution in [1.82, 2.24) is 0 Å². The Hall–Kier alpha value is -2.13. The highest BCUT2D eigenvalue weighted by Gasteiger charge is 2.10. The van der Waals surface area contributed by atoms with Crippen molar-refractivity contribution in [2.24, 2.45) is 0 Å². The van der Waals surface area contributed by atoms with Gasteiger partial charge in [-0.1, -0.05) is 17.7 Å². The molecule has 0 bridgehead atoms. The van der Waals surface area contributed by atoms with Gasteiger partial charge in [0.1, 0.15) is 5.75 Å². The fraction of sp³-hybridized carbons (Fsp3) is 0.263. The van der Waals surface area contributed by atoms with E-state index in [0.29, 0.717) is 0 Å². The van der Waals surface area contributed by atoms with Gasteiger partial charge in [-0.2, -0.15) is 0 Å². The number of ether oxygens (including phenoxy) is 1. The molecule has 0 amide bonds. The monoisotopic (exact) mass is 330 g/mol. The van der Waals surface area contributed by atoms with Crippen molar-refractivity contribution in [3.8, 4) is 5.75 Å². The summed E-state index contributed by atoms with van der Waals surface area (Å²) >= 11 is 5.92. The number of benzene rings is 2. The molecular formula is C19H23ClN2O. The summed E-state index contributed by atoms with van der Waals surface area (Å²) in [5.74, 6) is 0.861. The summed E-state index contributed by atoms with van der Waals surface area (Å²) in [5.41, 5.74) is 2.21. The molecule has 0 saturated carbocycles. The first-order chi connectivity index (χ1) is 11.1. The number of hydrogen-bond donors (Lipinski definition) is 1. The number of nitrogens with one attached hydrogen (secondary N) is 1. The maximum Gasteiger partial charge on any atom is 0.119 e. The van der Waals surface area contributed by atoms with Crippen LogP contribution < -0.4 is 15.0 Å². The Morgan fingerprint density at radius 2 is 1.83 bits per heavy atom. The summed E-state index contributed by atoms with van der Waals surface area (Å²) in [6, 6.07) is 16.1. The lowest BCUT2D eigenvalue weighted by molar-refractivity contribution is 0.415. The number of hydrogen-bond acceptors (Lipinski definition) is 3. The largest absolute Gasteiger partial charge is 0.497 e. The van der Waals surface area contributed by atoms with Gasteiger partial charge in [-0.25, -0.2) is 0 Å². The van der Waals surface area contributed by atoms with Crippen molar-refractivity contribution < 1.29 is 4.74 Å². The van der Waals surface area contributed by atoms with E-state index in [0.717, 1.165) is 35.2 Å². The quantitative estimate of drug-likeness (QED) is 0.701. The lowest BCUT2D eigenvalue weighted by Gasteiger charge is -2.28. The number of anilines is 2. The Morgan fingerprint density at radius 1 is 1.17 bits per heavy atom. The molecule has 0 aromatic heterocycles. The van der Waals surface area contributed by atoms with Crippen LogP contribution in [-0.4, -0.2) is 26.2 Å². The summed E-state index contributed by atoms with van der Waals surface area (Å²) in [5, 5.41) is 4.24. The third-order valence-electron chi connectivity index (χ3n) is 3.54. The van der Waals surface area contributed by atoms with Crippen molar-refractivity contribution in [1.29, 1.82) is 0 Å². The smallest absolute Gasteiger partial charge is 0.119 e. The van der Waals surface area contributed by atoms with Gasteiger partial charge in [0.2, 0.25) is 0 Å². The van der Waals surface area contributed by atoms with E-state index in [-0.39, 0.29) is 6.04 Å². The van der Waals surface area contributed by atoms with Crippen LogP contribution in [0.25, 0.3) is 0 Å². The molecule has 0 saturated heterocycles. The highest BCUT2D eigenvalue weighted by atomic mass is 35.5. The average molecular weight is 331 g/mol. The molecule has 0 spiro atoms. The van der Waals surface area contributed by atoms with Crippen LogP contribution in [0.1, 0.15) is 6.92 Å². The summed E-state index contributed by atoms with van der Waals surface area (Å²) in [4.78, 5) is 2.28. The second-order valence-corrected chi connectivity index (χ2v) is 5.88. The molecule has 122 valence electrons. The van der Waals surface area contributed by atoms with Crippen LogP contribution in [-0.2, 0) is 0 Å². The maximum absolute atomic E-state index is 5.92. The zero-order chi connectivity index (χ0) is 16.7. The van der Waals surface area contributed by atoms with Crippen LogP contribution in [0, 0.1) is 0 Å². The van der Waals surface area contributed by atoms with E-state index in [9.17, 15) is 0 Å². The fourth-order valence-electron chi connectivity index (χ4n) is 2.44. The zero-order valence-corrected chi connectivity index (χ0v) is 14.4. The molecule has 4 heteroatoms. The van der Waals surface area contributed by atoms with Crippen molar-refractivity contribution >= 4 is 23.0 Å². The first kappa shape index (κ1) is 17.2. The SMILES string of the molecule is C=CCN(C[C@H](C)Nc1ccc(Cl)cc1)c1ccc(OC)cc1. The molecule has 1 atom stereocenters. The molecule has 1 N–H and O–H groups in total. The van der Waals surface area contributed by atoms with Crippen LogP contribution in [0.4, 0.5) is 11.4 Å². The topological polar surface area (TPSA) is 24.5 Å². The van der Waals surface area contributed by atoms with Gasteiger partial charge >= 0.3 is 0 Å². The molecule has 0 unspecified atom stereocenters. The third kappa shape index (κ3) is 5.22. The molecule has 3 nitrogen and oxygen atoms in total. The van der Waals surface area contributed by atoms with Gasteiger partial charge in [-0.15, -0.1) is 6.58 Å². The van der Waals surface area contributed by atoms with Gasteiger partial charge in [0.25, 0.3) is 0 Å². The highest BCUT2D eigenvalue weighted by Crippen LogP contribution is 2.20. The van der Waals surface area contributed by atoms with Crippen molar-refractivity contribution in [2.45, 2.75) is 13.0 Å². The van der Waals surface area contributed by atoms with E-state index in [1.807, 2.05) is 42.5 Å². The Labute approximate surface area is 143 Å². The fourth-order valence-corrected chi connectivity index (χ4v) is 2.57. The number of methoxy groups -OCH3 is 1. The van der Waals surface area contributed by atoms with Gasteiger partial charge in [0.15, 0.2) is 0 Å². The molecule has 2 aromatic rings. The molecule has 2 rings (SSSR count). The first-order valence-electron chi connectivity index (χ1n) is 7.64. The minimum absolute atomic E-state index is 0.276. The number of nitrogens with zero attached hydrogens (tertiary/aromatic N) is 1. The van der Waals surface area contributed by atoms with Gasteiger partial charge in [-0.05, 0) is 55.5 Å². The summed E-state index contributed by atoms with van der Waals surface area (Å²) < 4.78 is 5.22. The third-order valence-corrected chi connectivity index (χ3v) is 3.79. The van der Waals surface area contributed by atoms with Crippen molar-refractivity contribution in [3.05, 3.63) is 66.2 Å². The van der Waals surface area contributed by atoms with E-state index in [1.54, 1.807) is 7.11 Å². The Balaban J connectivity index is 2.02. The normalized spacial score (nSPS) is 11.6. The average Bonchev–Trinajstić information content (AvgIpc) is 2.57. The molecule has 0 fully saturated rings. The van der Waals surface area contributed by atoms with E-state index < -0.39 is 0 Å². The molecule has 0 aliphatic rings. The van der Waals surface area contributed by atoms with Crippen LogP contribution in [0.2, 0.25) is 5.02 Å². The van der Waals surface area contributed by atoms with Gasteiger partial charge in [0.05, 0.1) is 7.11 Å². The van der Waals surface area contributed by atoms with Gasteiger partial charge < -0.3 is 15.0 Å². The van der Waals surface area contributed by atoms with E-state index in [1.165, 1.54) is 0 Å². The van der Waals surface area contributed by atoms with Crippen LogP contribution in [0.15, 0.2) is 61.2 Å². The first-order valence-corrected chi connectivity index (χ1v) is 8.02. The van der Waals surface area contributed by atoms with E-state index in [4.69, 9.17) is 16.3 Å². The second-order valence-electron chi connectivity index (χ2n) is 5.44. The van der Waals surface area contributed by atoms with Crippen LogP contribution in [0.5, 0.6) is 5.75 Å². The van der Waals surface area contributed by atoms with E-state index >= 15 is 0 Å². The maximum atomic E-state index is 5.92. The van der Waals surface area contributed by atoms with Gasteiger partial charge in [0, 0.05) is 35.5 Å². The minimum Gasteiger partial charge on any atom is -0.497 e. The molecule has 0 aliphatic heterocycles. The Morgan fingerprint density at radius 3 is 2.39 bits per heavy atom. The van der Waals surface area contributed by atoms with E-state index in [2.05, 4.69) is 35.9 Å². The van der Waals surface area contributed by atoms with Crippen molar-refractivity contribution in [3.63, 3.8) is 0 Å². The summed E-state index contributed by atoms with van der Waals surface area (Å²) in [6.07, 6.45) is 1.92. The van der Waals surface area contributed by atoms with Crippen molar-refractivity contribution in [2.75, 3.05) is 30.4 Å². The predicted octanol–water partition coefficient (Wildman–Crippen LogP) is 4.84. The lowest BCUT2D eigenvalue weighted by Crippen LogP contribution is -2.35. The molecule has 0 radical (unpaired) electrons. The van der Waals surface area contributed by atoms with Crippen LogP contribution in [0.3, 0.4) is 0 Å². The number of halogens is 1. The molecule has 23 heavy (non-hydrogen) atoms. The van der Waals surface area contributed by atoms with Gasteiger partial charge in [-0.3, -0.25) is 0 Å².